The summed E-state index contributed by atoms with van der Waals surface area (Å²) in [6, 6.07) is 23.1. The highest BCUT2D eigenvalue weighted by atomic mass is 35.5. The first-order valence-corrected chi connectivity index (χ1v) is 9.77. The van der Waals surface area contributed by atoms with E-state index >= 15 is 0 Å². The molecule has 2 N–H and O–H groups in total. The standard InChI is InChI=1S/C24H22N4O2.ClH/c1-17-22(23(28-30-17)19-7-3-2-4-8-19)18-10-12-20(13-11-18)24(29)27-16-15-26-21-9-5-6-14-25-21;/h2-14H,15-16H2,1H3,(H,25,26)(H,27,29);1H. The van der Waals surface area contributed by atoms with Gasteiger partial charge in [0.05, 0.1) is 5.56 Å². The van der Waals surface area contributed by atoms with Crippen LogP contribution in [0.5, 0.6) is 0 Å². The number of hydrogen-bond acceptors (Lipinski definition) is 5. The number of carbonyl (C=O) groups excluding carboxylic acids is 1. The normalized spacial score (nSPS) is 10.2. The third-order valence-corrected chi connectivity index (χ3v) is 4.73. The van der Waals surface area contributed by atoms with Crippen molar-refractivity contribution in [3.05, 3.63) is 90.3 Å². The van der Waals surface area contributed by atoms with Crippen LogP contribution in [0, 0.1) is 6.92 Å². The number of pyridine rings is 1. The van der Waals surface area contributed by atoms with Gasteiger partial charge in [-0.1, -0.05) is 53.7 Å². The summed E-state index contributed by atoms with van der Waals surface area (Å²) in [6.07, 6.45) is 1.73. The molecule has 158 valence electrons. The van der Waals surface area contributed by atoms with Crippen LogP contribution in [0.25, 0.3) is 22.4 Å². The zero-order valence-electron chi connectivity index (χ0n) is 17.0. The molecular weight excluding hydrogens is 412 g/mol. The van der Waals surface area contributed by atoms with Crippen molar-refractivity contribution in [3.63, 3.8) is 0 Å². The van der Waals surface area contributed by atoms with Crippen LogP contribution in [0.3, 0.4) is 0 Å². The number of aromatic nitrogens is 2. The van der Waals surface area contributed by atoms with Gasteiger partial charge in [0, 0.05) is 30.4 Å². The molecule has 0 aliphatic carbocycles. The van der Waals surface area contributed by atoms with Crippen LogP contribution in [0.4, 0.5) is 5.82 Å². The number of aryl methyl sites for hydroxylation is 1. The Hall–Kier alpha value is -3.64. The van der Waals surface area contributed by atoms with E-state index in [2.05, 4.69) is 20.8 Å². The van der Waals surface area contributed by atoms with Crippen molar-refractivity contribution in [2.75, 3.05) is 18.4 Å². The van der Waals surface area contributed by atoms with Crippen LogP contribution >= 0.6 is 12.4 Å². The predicted molar refractivity (Wildman–Crippen MR) is 124 cm³/mol. The molecule has 4 rings (SSSR count). The van der Waals surface area contributed by atoms with Crippen molar-refractivity contribution in [2.24, 2.45) is 0 Å². The molecule has 0 radical (unpaired) electrons. The van der Waals surface area contributed by atoms with Gasteiger partial charge in [-0.15, -0.1) is 12.4 Å². The minimum atomic E-state index is -0.116. The molecule has 0 bridgehead atoms. The third kappa shape index (κ3) is 5.29. The maximum atomic E-state index is 12.4. The average molecular weight is 435 g/mol. The van der Waals surface area contributed by atoms with Crippen molar-refractivity contribution in [3.8, 4) is 22.4 Å². The summed E-state index contributed by atoms with van der Waals surface area (Å²) in [6.45, 7) is 2.99. The Bertz CT molecular complexity index is 1110. The number of halogens is 1. The number of nitrogens with one attached hydrogen (secondary N) is 2. The Morgan fingerprint density at radius 2 is 1.65 bits per heavy atom. The van der Waals surface area contributed by atoms with Gasteiger partial charge in [-0.2, -0.15) is 0 Å². The molecule has 0 aliphatic rings. The number of benzene rings is 2. The molecule has 4 aromatic rings. The summed E-state index contributed by atoms with van der Waals surface area (Å²) in [5.41, 5.74) is 4.29. The lowest BCUT2D eigenvalue weighted by Gasteiger charge is -2.08. The smallest absolute Gasteiger partial charge is 0.251 e. The molecule has 0 aliphatic heterocycles. The highest BCUT2D eigenvalue weighted by Gasteiger charge is 2.17. The minimum Gasteiger partial charge on any atom is -0.368 e. The molecule has 0 saturated heterocycles. The Morgan fingerprint density at radius 1 is 0.903 bits per heavy atom. The van der Waals surface area contributed by atoms with E-state index in [-0.39, 0.29) is 18.3 Å². The Morgan fingerprint density at radius 3 is 2.35 bits per heavy atom. The zero-order valence-corrected chi connectivity index (χ0v) is 17.9. The lowest BCUT2D eigenvalue weighted by Crippen LogP contribution is -2.28. The molecule has 0 fully saturated rings. The van der Waals surface area contributed by atoms with Gasteiger partial charge in [-0.25, -0.2) is 4.98 Å². The molecule has 1 amide bonds. The average Bonchev–Trinajstić information content (AvgIpc) is 3.19. The van der Waals surface area contributed by atoms with Gasteiger partial charge in [0.15, 0.2) is 0 Å². The van der Waals surface area contributed by atoms with E-state index in [0.29, 0.717) is 18.7 Å². The first-order chi connectivity index (χ1) is 14.7. The van der Waals surface area contributed by atoms with Crippen molar-refractivity contribution in [1.82, 2.24) is 15.5 Å². The van der Waals surface area contributed by atoms with Gasteiger partial charge >= 0.3 is 0 Å². The maximum Gasteiger partial charge on any atom is 0.251 e. The van der Waals surface area contributed by atoms with Gasteiger partial charge in [-0.3, -0.25) is 4.79 Å². The Labute approximate surface area is 187 Å². The Kier molecular flexibility index (Phi) is 7.40. The maximum absolute atomic E-state index is 12.4. The van der Waals surface area contributed by atoms with Crippen LogP contribution in [-0.2, 0) is 0 Å². The number of rotatable bonds is 7. The predicted octanol–water partition coefficient (Wildman–Crippen LogP) is 4.98. The summed E-state index contributed by atoms with van der Waals surface area (Å²) in [4.78, 5) is 16.6. The molecule has 0 unspecified atom stereocenters. The van der Waals surface area contributed by atoms with Gasteiger partial charge in [0.25, 0.3) is 5.91 Å². The number of amides is 1. The van der Waals surface area contributed by atoms with Gasteiger partial charge < -0.3 is 15.2 Å². The number of nitrogens with zero attached hydrogens (tertiary/aromatic N) is 2. The summed E-state index contributed by atoms with van der Waals surface area (Å²) in [5.74, 6) is 1.41. The topological polar surface area (TPSA) is 80.0 Å². The summed E-state index contributed by atoms with van der Waals surface area (Å²) < 4.78 is 5.44. The quantitative estimate of drug-likeness (QED) is 0.401. The van der Waals surface area contributed by atoms with Gasteiger partial charge in [0.2, 0.25) is 0 Å². The molecule has 2 aromatic heterocycles. The SMILES string of the molecule is Cc1onc(-c2ccccc2)c1-c1ccc(C(=O)NCCNc2ccccn2)cc1.Cl. The molecule has 0 atom stereocenters. The molecule has 6 nitrogen and oxygen atoms in total. The fourth-order valence-corrected chi connectivity index (χ4v) is 3.23. The van der Waals surface area contributed by atoms with E-state index in [9.17, 15) is 4.79 Å². The largest absolute Gasteiger partial charge is 0.368 e. The zero-order chi connectivity index (χ0) is 20.8. The second kappa shape index (κ2) is 10.4. The second-order valence-corrected chi connectivity index (χ2v) is 6.80. The monoisotopic (exact) mass is 434 g/mol. The summed E-state index contributed by atoms with van der Waals surface area (Å²) in [5, 5.41) is 10.3. The van der Waals surface area contributed by atoms with Crippen LogP contribution in [0.1, 0.15) is 16.1 Å². The van der Waals surface area contributed by atoms with Crippen LogP contribution in [0.15, 0.2) is 83.5 Å². The lowest BCUT2D eigenvalue weighted by molar-refractivity contribution is 0.0955. The summed E-state index contributed by atoms with van der Waals surface area (Å²) >= 11 is 0. The van der Waals surface area contributed by atoms with E-state index in [4.69, 9.17) is 4.52 Å². The van der Waals surface area contributed by atoms with Crippen molar-refractivity contribution in [2.45, 2.75) is 6.92 Å². The fraction of sp³-hybridized carbons (Fsp3) is 0.125. The molecule has 31 heavy (non-hydrogen) atoms. The van der Waals surface area contributed by atoms with E-state index in [1.165, 1.54) is 0 Å². The number of hydrogen-bond donors (Lipinski definition) is 2. The lowest BCUT2D eigenvalue weighted by atomic mass is 9.98. The van der Waals surface area contributed by atoms with E-state index < -0.39 is 0 Å². The van der Waals surface area contributed by atoms with E-state index in [0.717, 1.165) is 34.0 Å². The first-order valence-electron chi connectivity index (χ1n) is 9.77. The minimum absolute atomic E-state index is 0. The molecule has 2 heterocycles. The highest BCUT2D eigenvalue weighted by Crippen LogP contribution is 2.34. The van der Waals surface area contributed by atoms with Crippen LogP contribution in [-0.4, -0.2) is 29.1 Å². The molecule has 7 heteroatoms. The second-order valence-electron chi connectivity index (χ2n) is 6.80. The van der Waals surface area contributed by atoms with Crippen molar-refractivity contribution >= 4 is 24.1 Å². The van der Waals surface area contributed by atoms with Crippen molar-refractivity contribution in [1.29, 1.82) is 0 Å². The molecule has 0 saturated carbocycles. The number of carbonyl (C=O) groups is 1. The molecular formula is C24H23ClN4O2. The fourth-order valence-electron chi connectivity index (χ4n) is 3.23. The van der Waals surface area contributed by atoms with Crippen molar-refractivity contribution < 1.29 is 9.32 Å². The van der Waals surface area contributed by atoms with E-state index in [1.807, 2.05) is 79.7 Å². The number of anilines is 1. The summed E-state index contributed by atoms with van der Waals surface area (Å²) in [7, 11) is 0. The first kappa shape index (κ1) is 22.1. The molecule has 0 spiro atoms. The van der Waals surface area contributed by atoms with Crippen LogP contribution in [0.2, 0.25) is 0 Å². The van der Waals surface area contributed by atoms with Gasteiger partial charge in [0.1, 0.15) is 17.3 Å². The third-order valence-electron chi connectivity index (χ3n) is 4.73. The van der Waals surface area contributed by atoms with Crippen LogP contribution < -0.4 is 10.6 Å². The Balaban J connectivity index is 0.00000272. The van der Waals surface area contributed by atoms with E-state index in [1.54, 1.807) is 6.20 Å². The highest BCUT2D eigenvalue weighted by molar-refractivity contribution is 5.95. The molecule has 2 aromatic carbocycles. The van der Waals surface area contributed by atoms with Gasteiger partial charge in [-0.05, 0) is 36.8 Å².